The molecule has 2 heteroatoms. The van der Waals surface area contributed by atoms with Crippen LogP contribution in [-0.4, -0.2) is 5.88 Å². The van der Waals surface area contributed by atoms with Crippen LogP contribution in [0, 0.1) is 6.92 Å². The quantitative estimate of drug-likeness (QED) is 0.691. The van der Waals surface area contributed by atoms with Crippen LogP contribution in [0.2, 0.25) is 0 Å². The smallest absolute Gasteiger partial charge is 0.0407 e. The molecule has 0 aliphatic rings. The molecule has 1 aromatic rings. The lowest BCUT2D eigenvalue weighted by atomic mass is 10.1. The molecule has 0 atom stereocenters. The Labute approximate surface area is 86.4 Å². The molecule has 1 aromatic carbocycles. The van der Waals surface area contributed by atoms with Gasteiger partial charge in [-0.25, -0.2) is 0 Å². The molecule has 0 radical (unpaired) electrons. The number of allylic oxidation sites excluding steroid dienone is 1. The van der Waals surface area contributed by atoms with Gasteiger partial charge < -0.3 is 0 Å². The van der Waals surface area contributed by atoms with Crippen LogP contribution >= 0.6 is 27.5 Å². The van der Waals surface area contributed by atoms with E-state index < -0.39 is 0 Å². The molecule has 1 rings (SSSR count). The zero-order valence-corrected chi connectivity index (χ0v) is 9.19. The van der Waals surface area contributed by atoms with Crippen molar-refractivity contribution in [1.82, 2.24) is 0 Å². The topological polar surface area (TPSA) is 0 Å². The lowest BCUT2D eigenvalue weighted by molar-refractivity contribution is 1.42. The van der Waals surface area contributed by atoms with E-state index in [1.165, 1.54) is 11.1 Å². The minimum atomic E-state index is 0.565. The maximum Gasteiger partial charge on any atom is 0.0407 e. The van der Waals surface area contributed by atoms with Crippen molar-refractivity contribution in [2.75, 3.05) is 5.88 Å². The van der Waals surface area contributed by atoms with E-state index in [0.717, 1.165) is 4.47 Å². The van der Waals surface area contributed by atoms with Gasteiger partial charge in [0.05, 0.1) is 0 Å². The van der Waals surface area contributed by atoms with Gasteiger partial charge in [0.1, 0.15) is 0 Å². The van der Waals surface area contributed by atoms with Crippen molar-refractivity contribution in [2.24, 2.45) is 0 Å². The Kier molecular flexibility index (Phi) is 3.83. The van der Waals surface area contributed by atoms with Gasteiger partial charge in [0.25, 0.3) is 0 Å². The fourth-order valence-corrected chi connectivity index (χ4v) is 1.29. The molecule has 0 fully saturated rings. The average Bonchev–Trinajstić information content (AvgIpc) is 2.07. The van der Waals surface area contributed by atoms with Crippen LogP contribution in [0.4, 0.5) is 0 Å². The molecule has 0 aliphatic heterocycles. The molecular formula is C10H10BrCl. The molecule has 0 aliphatic carbocycles. The third-order valence-electron chi connectivity index (χ3n) is 1.58. The second-order valence-electron chi connectivity index (χ2n) is 2.57. The van der Waals surface area contributed by atoms with Gasteiger partial charge >= 0.3 is 0 Å². The van der Waals surface area contributed by atoms with Crippen LogP contribution < -0.4 is 0 Å². The average molecular weight is 246 g/mol. The largest absolute Gasteiger partial charge is 0.122 e. The predicted molar refractivity (Wildman–Crippen MR) is 58.6 cm³/mol. The molecule has 0 nitrogen and oxygen atoms in total. The second kappa shape index (κ2) is 4.68. The number of halogens is 2. The Morgan fingerprint density at radius 1 is 1.50 bits per heavy atom. The highest BCUT2D eigenvalue weighted by atomic mass is 79.9. The third kappa shape index (κ3) is 2.65. The van der Waals surface area contributed by atoms with Crippen LogP contribution in [0.25, 0.3) is 6.08 Å². The first-order valence-corrected chi connectivity index (χ1v) is 5.05. The van der Waals surface area contributed by atoms with E-state index in [4.69, 9.17) is 11.6 Å². The van der Waals surface area contributed by atoms with Gasteiger partial charge in [0.15, 0.2) is 0 Å². The normalized spacial score (nSPS) is 10.9. The van der Waals surface area contributed by atoms with Gasteiger partial charge in [-0.1, -0.05) is 40.2 Å². The second-order valence-corrected chi connectivity index (χ2v) is 3.73. The molecule has 0 saturated heterocycles. The SMILES string of the molecule is Cc1cc(C=CCCl)ccc1Br. The standard InChI is InChI=1S/C10H10BrCl/c1-8-7-9(3-2-6-12)4-5-10(8)11/h2-5,7H,6H2,1H3. The molecule has 0 bridgehead atoms. The van der Waals surface area contributed by atoms with Gasteiger partial charge in [-0.05, 0) is 24.1 Å². The van der Waals surface area contributed by atoms with Crippen molar-refractivity contribution in [2.45, 2.75) is 6.92 Å². The van der Waals surface area contributed by atoms with E-state index in [1.807, 2.05) is 18.2 Å². The monoisotopic (exact) mass is 244 g/mol. The molecule has 0 spiro atoms. The third-order valence-corrected chi connectivity index (χ3v) is 2.65. The molecule has 64 valence electrons. The summed E-state index contributed by atoms with van der Waals surface area (Å²) in [5.41, 5.74) is 2.43. The van der Waals surface area contributed by atoms with Crippen LogP contribution in [0.3, 0.4) is 0 Å². The highest BCUT2D eigenvalue weighted by Crippen LogP contribution is 2.17. The molecule has 0 amide bonds. The summed E-state index contributed by atoms with van der Waals surface area (Å²) in [4.78, 5) is 0. The minimum absolute atomic E-state index is 0.565. The van der Waals surface area contributed by atoms with E-state index in [0.29, 0.717) is 5.88 Å². The fourth-order valence-electron chi connectivity index (χ4n) is 0.952. The van der Waals surface area contributed by atoms with E-state index in [1.54, 1.807) is 0 Å². The fraction of sp³-hybridized carbons (Fsp3) is 0.200. The highest BCUT2D eigenvalue weighted by molar-refractivity contribution is 9.10. The minimum Gasteiger partial charge on any atom is -0.122 e. The van der Waals surface area contributed by atoms with Gasteiger partial charge in [0, 0.05) is 10.4 Å². The summed E-state index contributed by atoms with van der Waals surface area (Å²) < 4.78 is 1.14. The Balaban J connectivity index is 2.89. The van der Waals surface area contributed by atoms with Gasteiger partial charge in [-0.15, -0.1) is 11.6 Å². The summed E-state index contributed by atoms with van der Waals surface area (Å²) in [5.74, 6) is 0.565. The maximum absolute atomic E-state index is 5.53. The number of rotatable bonds is 2. The summed E-state index contributed by atoms with van der Waals surface area (Å²) >= 11 is 8.97. The molecular weight excluding hydrogens is 235 g/mol. The molecule has 0 unspecified atom stereocenters. The van der Waals surface area contributed by atoms with Crippen molar-refractivity contribution in [3.8, 4) is 0 Å². The van der Waals surface area contributed by atoms with Crippen LogP contribution in [0.15, 0.2) is 28.7 Å². The summed E-state index contributed by atoms with van der Waals surface area (Å²) in [5, 5.41) is 0. The first-order valence-electron chi connectivity index (χ1n) is 3.72. The maximum atomic E-state index is 5.53. The number of hydrogen-bond acceptors (Lipinski definition) is 0. The van der Waals surface area contributed by atoms with E-state index >= 15 is 0 Å². The van der Waals surface area contributed by atoms with Crippen molar-refractivity contribution < 1.29 is 0 Å². The Morgan fingerprint density at radius 2 is 2.25 bits per heavy atom. The summed E-state index contributed by atoms with van der Waals surface area (Å²) in [7, 11) is 0. The predicted octanol–water partition coefficient (Wildman–Crippen LogP) is 4.01. The van der Waals surface area contributed by atoms with Crippen molar-refractivity contribution in [1.29, 1.82) is 0 Å². The Morgan fingerprint density at radius 3 is 2.83 bits per heavy atom. The molecule has 12 heavy (non-hydrogen) atoms. The number of hydrogen-bond donors (Lipinski definition) is 0. The van der Waals surface area contributed by atoms with Gasteiger partial charge in [0.2, 0.25) is 0 Å². The first-order chi connectivity index (χ1) is 5.74. The van der Waals surface area contributed by atoms with E-state index in [2.05, 4.69) is 35.0 Å². The Hall–Kier alpha value is -0.270. The molecule has 0 saturated carbocycles. The molecule has 0 heterocycles. The zero-order chi connectivity index (χ0) is 8.97. The number of alkyl halides is 1. The van der Waals surface area contributed by atoms with E-state index in [9.17, 15) is 0 Å². The van der Waals surface area contributed by atoms with Crippen molar-refractivity contribution >= 4 is 33.6 Å². The Bertz CT molecular complexity index is 292. The number of benzene rings is 1. The lowest BCUT2D eigenvalue weighted by Gasteiger charge is -1.98. The summed E-state index contributed by atoms with van der Waals surface area (Å²) in [6.07, 6.45) is 3.96. The zero-order valence-electron chi connectivity index (χ0n) is 6.85. The highest BCUT2D eigenvalue weighted by Gasteiger charge is 1.93. The van der Waals surface area contributed by atoms with Gasteiger partial charge in [-0.3, -0.25) is 0 Å². The van der Waals surface area contributed by atoms with Crippen molar-refractivity contribution in [3.05, 3.63) is 39.9 Å². The summed E-state index contributed by atoms with van der Waals surface area (Å²) in [6.45, 7) is 2.07. The number of aryl methyl sites for hydroxylation is 1. The van der Waals surface area contributed by atoms with Crippen molar-refractivity contribution in [3.63, 3.8) is 0 Å². The molecule has 0 aromatic heterocycles. The van der Waals surface area contributed by atoms with Crippen LogP contribution in [-0.2, 0) is 0 Å². The lowest BCUT2D eigenvalue weighted by Crippen LogP contribution is -1.77. The molecule has 0 N–H and O–H groups in total. The summed E-state index contributed by atoms with van der Waals surface area (Å²) in [6, 6.07) is 6.22. The van der Waals surface area contributed by atoms with E-state index in [-0.39, 0.29) is 0 Å². The first kappa shape index (κ1) is 9.82. The van der Waals surface area contributed by atoms with Crippen LogP contribution in [0.1, 0.15) is 11.1 Å². The van der Waals surface area contributed by atoms with Crippen LogP contribution in [0.5, 0.6) is 0 Å². The van der Waals surface area contributed by atoms with Gasteiger partial charge in [-0.2, -0.15) is 0 Å².